The van der Waals surface area contributed by atoms with Gasteiger partial charge in [-0.05, 0) is 40.6 Å². The molecule has 2 heterocycles. The van der Waals surface area contributed by atoms with E-state index in [4.69, 9.17) is 5.73 Å². The third-order valence-corrected chi connectivity index (χ3v) is 3.46. The number of nitrogen functional groups attached to an aromatic ring is 1. The molecule has 0 saturated carbocycles. The lowest BCUT2D eigenvalue weighted by Gasteiger charge is -1.99. The minimum Gasteiger partial charge on any atom is -0.396 e. The van der Waals surface area contributed by atoms with E-state index in [1.54, 1.807) is 0 Å². The van der Waals surface area contributed by atoms with E-state index in [1.165, 1.54) is 5.56 Å². The van der Waals surface area contributed by atoms with Crippen molar-refractivity contribution >= 4 is 39.4 Å². The van der Waals surface area contributed by atoms with Crippen LogP contribution in [0.5, 0.6) is 0 Å². The lowest BCUT2D eigenvalue weighted by molar-refractivity contribution is 1.07. The molecule has 0 atom stereocenters. The van der Waals surface area contributed by atoms with Crippen LogP contribution in [0.15, 0.2) is 41.0 Å². The molecular formula is C15H13BrN4. The second-order valence-electron chi connectivity index (χ2n) is 4.61. The Hall–Kier alpha value is -2.14. The Bertz CT molecular complexity index is 787. The van der Waals surface area contributed by atoms with Gasteiger partial charge in [-0.2, -0.15) is 0 Å². The molecular weight excluding hydrogens is 316 g/mol. The van der Waals surface area contributed by atoms with Crippen LogP contribution >= 0.6 is 15.9 Å². The summed E-state index contributed by atoms with van der Waals surface area (Å²) in [6, 6.07) is 10.1. The smallest absolute Gasteiger partial charge is 0.184 e. The molecule has 0 aliphatic rings. The molecule has 1 aromatic carbocycles. The zero-order valence-electron chi connectivity index (χ0n) is 10.9. The van der Waals surface area contributed by atoms with Crippen molar-refractivity contribution in [1.82, 2.24) is 14.6 Å². The van der Waals surface area contributed by atoms with E-state index in [0.29, 0.717) is 11.3 Å². The second-order valence-corrected chi connectivity index (χ2v) is 5.53. The van der Waals surface area contributed by atoms with E-state index in [9.17, 15) is 0 Å². The Kier molecular flexibility index (Phi) is 3.28. The molecule has 2 N–H and O–H groups in total. The average Bonchev–Trinajstić information content (AvgIpc) is 2.81. The van der Waals surface area contributed by atoms with Crippen LogP contribution in [-0.4, -0.2) is 14.6 Å². The molecule has 2 aromatic heterocycles. The SMILES string of the molecule is Cc1ccc(/C=C/c2nnc3c(N)cc(Br)cn23)cc1. The number of nitrogens with two attached hydrogens (primary N) is 1. The lowest BCUT2D eigenvalue weighted by atomic mass is 10.1. The molecule has 0 spiro atoms. The highest BCUT2D eigenvalue weighted by atomic mass is 79.9. The van der Waals surface area contributed by atoms with Crippen LogP contribution in [0, 0.1) is 6.92 Å². The van der Waals surface area contributed by atoms with Crippen molar-refractivity contribution in [3.05, 3.63) is 58.0 Å². The number of hydrogen-bond acceptors (Lipinski definition) is 3. The zero-order valence-corrected chi connectivity index (χ0v) is 12.5. The molecule has 0 fully saturated rings. The normalized spacial score (nSPS) is 11.5. The molecule has 3 aromatic rings. The van der Waals surface area contributed by atoms with E-state index < -0.39 is 0 Å². The number of pyridine rings is 1. The molecule has 0 bridgehead atoms. The predicted molar refractivity (Wildman–Crippen MR) is 85.2 cm³/mol. The minimum atomic E-state index is 0.599. The number of rotatable bonds is 2. The number of anilines is 1. The summed E-state index contributed by atoms with van der Waals surface area (Å²) in [5, 5.41) is 8.26. The highest BCUT2D eigenvalue weighted by Crippen LogP contribution is 2.20. The number of aryl methyl sites for hydroxylation is 1. The van der Waals surface area contributed by atoms with E-state index >= 15 is 0 Å². The summed E-state index contributed by atoms with van der Waals surface area (Å²) in [5.41, 5.74) is 9.54. The van der Waals surface area contributed by atoms with Crippen molar-refractivity contribution in [1.29, 1.82) is 0 Å². The summed E-state index contributed by atoms with van der Waals surface area (Å²) < 4.78 is 2.76. The third kappa shape index (κ3) is 2.44. The third-order valence-electron chi connectivity index (χ3n) is 3.03. The average molecular weight is 329 g/mol. The van der Waals surface area contributed by atoms with Gasteiger partial charge in [0.25, 0.3) is 0 Å². The van der Waals surface area contributed by atoms with Gasteiger partial charge < -0.3 is 5.73 Å². The van der Waals surface area contributed by atoms with Crippen molar-refractivity contribution in [3.8, 4) is 0 Å². The number of aromatic nitrogens is 3. The highest BCUT2D eigenvalue weighted by molar-refractivity contribution is 9.10. The topological polar surface area (TPSA) is 56.2 Å². The molecule has 0 aliphatic carbocycles. The van der Waals surface area contributed by atoms with Gasteiger partial charge >= 0.3 is 0 Å². The first kappa shape index (κ1) is 12.9. The molecule has 0 radical (unpaired) electrons. The molecule has 0 aliphatic heterocycles. The molecule has 100 valence electrons. The van der Waals surface area contributed by atoms with Gasteiger partial charge in [-0.25, -0.2) is 0 Å². The molecule has 0 saturated heterocycles. The Morgan fingerprint density at radius 1 is 1.15 bits per heavy atom. The van der Waals surface area contributed by atoms with E-state index in [1.807, 2.05) is 28.8 Å². The quantitative estimate of drug-likeness (QED) is 0.782. The van der Waals surface area contributed by atoms with Crippen molar-refractivity contribution in [2.45, 2.75) is 6.92 Å². The highest BCUT2D eigenvalue weighted by Gasteiger charge is 2.06. The van der Waals surface area contributed by atoms with Crippen LogP contribution in [0.1, 0.15) is 17.0 Å². The van der Waals surface area contributed by atoms with Crippen molar-refractivity contribution < 1.29 is 0 Å². The summed E-state index contributed by atoms with van der Waals surface area (Å²) in [4.78, 5) is 0. The Morgan fingerprint density at radius 3 is 2.65 bits per heavy atom. The first-order valence-electron chi connectivity index (χ1n) is 6.18. The summed E-state index contributed by atoms with van der Waals surface area (Å²) in [6.07, 6.45) is 5.84. The minimum absolute atomic E-state index is 0.599. The monoisotopic (exact) mass is 328 g/mol. The van der Waals surface area contributed by atoms with Crippen LogP contribution in [0.25, 0.3) is 17.8 Å². The first-order valence-corrected chi connectivity index (χ1v) is 6.97. The van der Waals surface area contributed by atoms with Crippen LogP contribution in [0.3, 0.4) is 0 Å². The maximum absolute atomic E-state index is 5.92. The molecule has 20 heavy (non-hydrogen) atoms. The maximum atomic E-state index is 5.92. The van der Waals surface area contributed by atoms with Gasteiger partial charge in [-0.15, -0.1) is 10.2 Å². The maximum Gasteiger partial charge on any atom is 0.184 e. The van der Waals surface area contributed by atoms with Crippen LogP contribution in [0.2, 0.25) is 0 Å². The van der Waals surface area contributed by atoms with Gasteiger partial charge in [0.1, 0.15) is 0 Å². The Morgan fingerprint density at radius 2 is 1.90 bits per heavy atom. The van der Waals surface area contributed by atoms with Crippen LogP contribution in [0.4, 0.5) is 5.69 Å². The van der Waals surface area contributed by atoms with E-state index in [-0.39, 0.29) is 0 Å². The van der Waals surface area contributed by atoms with Gasteiger partial charge in [0.2, 0.25) is 0 Å². The first-order chi connectivity index (χ1) is 9.63. The van der Waals surface area contributed by atoms with Crippen LogP contribution in [-0.2, 0) is 0 Å². The number of hydrogen-bond donors (Lipinski definition) is 1. The molecule has 0 unspecified atom stereocenters. The molecule has 3 rings (SSSR count). The number of nitrogens with zero attached hydrogens (tertiary/aromatic N) is 3. The number of halogens is 1. The van der Waals surface area contributed by atoms with E-state index in [0.717, 1.165) is 15.9 Å². The number of benzene rings is 1. The molecule has 0 amide bonds. The standard InChI is InChI=1S/C15H13BrN4/c1-10-2-4-11(5-3-10)6-7-14-18-19-15-13(17)8-12(16)9-20(14)15/h2-9H,17H2,1H3/b7-6+. The Balaban J connectivity index is 2.00. The predicted octanol–water partition coefficient (Wildman–Crippen LogP) is 3.55. The molecule has 4 nitrogen and oxygen atoms in total. The Labute approximate surface area is 125 Å². The fourth-order valence-electron chi connectivity index (χ4n) is 1.96. The van der Waals surface area contributed by atoms with Crippen molar-refractivity contribution in [2.24, 2.45) is 0 Å². The van der Waals surface area contributed by atoms with E-state index in [2.05, 4.69) is 57.3 Å². The van der Waals surface area contributed by atoms with Gasteiger partial charge in [-0.3, -0.25) is 4.40 Å². The van der Waals surface area contributed by atoms with Gasteiger partial charge in [0, 0.05) is 10.7 Å². The van der Waals surface area contributed by atoms with Gasteiger partial charge in [0.15, 0.2) is 11.5 Å². The lowest BCUT2D eigenvalue weighted by Crippen LogP contribution is -1.94. The largest absolute Gasteiger partial charge is 0.396 e. The van der Waals surface area contributed by atoms with Crippen LogP contribution < -0.4 is 5.73 Å². The molecule has 5 heteroatoms. The summed E-state index contributed by atoms with van der Waals surface area (Å²) in [5.74, 6) is 0.744. The summed E-state index contributed by atoms with van der Waals surface area (Å²) in [6.45, 7) is 2.07. The fraction of sp³-hybridized carbons (Fsp3) is 0.0667. The second kappa shape index (κ2) is 5.09. The zero-order chi connectivity index (χ0) is 14.1. The number of fused-ring (bicyclic) bond motifs is 1. The van der Waals surface area contributed by atoms with Gasteiger partial charge in [-0.1, -0.05) is 35.9 Å². The van der Waals surface area contributed by atoms with Crippen molar-refractivity contribution in [2.75, 3.05) is 5.73 Å². The summed E-state index contributed by atoms with van der Waals surface area (Å²) >= 11 is 3.43. The van der Waals surface area contributed by atoms with Gasteiger partial charge in [0.05, 0.1) is 5.69 Å². The van der Waals surface area contributed by atoms with Crippen molar-refractivity contribution in [3.63, 3.8) is 0 Å². The summed E-state index contributed by atoms with van der Waals surface area (Å²) in [7, 11) is 0. The fourth-order valence-corrected chi connectivity index (χ4v) is 2.41.